The van der Waals surface area contributed by atoms with E-state index in [1.54, 1.807) is 26.8 Å². The molecule has 0 radical (unpaired) electrons. The lowest BCUT2D eigenvalue weighted by molar-refractivity contribution is 0.496. The van der Waals surface area contributed by atoms with Crippen LogP contribution in [0.5, 0.6) is 0 Å². The Morgan fingerprint density at radius 2 is 1.63 bits per heavy atom. The van der Waals surface area contributed by atoms with Crippen molar-refractivity contribution in [2.45, 2.75) is 50.0 Å². The zero-order valence-electron chi connectivity index (χ0n) is 12.3. The molecule has 0 saturated heterocycles. The molecule has 1 atom stereocenters. The maximum Gasteiger partial charge on any atom is 0.161 e. The van der Waals surface area contributed by atoms with Crippen LogP contribution in [0.2, 0.25) is 0 Å². The van der Waals surface area contributed by atoms with E-state index in [1.165, 1.54) is 0 Å². The molecule has 1 rings (SSSR count). The van der Waals surface area contributed by atoms with E-state index in [4.69, 9.17) is 0 Å². The molecule has 2 nitrogen and oxygen atoms in total. The Labute approximate surface area is 117 Å². The summed E-state index contributed by atoms with van der Waals surface area (Å²) in [6.07, 6.45) is 2.67. The highest BCUT2D eigenvalue weighted by molar-refractivity contribution is 7.94. The van der Waals surface area contributed by atoms with E-state index in [-0.39, 0.29) is 0 Å². The minimum atomic E-state index is -3.27. The van der Waals surface area contributed by atoms with E-state index in [9.17, 15) is 8.42 Å². The molecule has 19 heavy (non-hydrogen) atoms. The summed E-state index contributed by atoms with van der Waals surface area (Å²) in [5.41, 5.74) is 1.04. The summed E-state index contributed by atoms with van der Waals surface area (Å²) in [7, 11) is -3.27. The molecule has 0 fully saturated rings. The van der Waals surface area contributed by atoms with Gasteiger partial charge in [-0.05, 0) is 46.1 Å². The third-order valence-electron chi connectivity index (χ3n) is 3.45. The van der Waals surface area contributed by atoms with Crippen LogP contribution in [0.4, 0.5) is 0 Å². The Balaban J connectivity index is 3.22. The van der Waals surface area contributed by atoms with E-state index in [1.807, 2.05) is 37.3 Å². The maximum absolute atomic E-state index is 12.8. The topological polar surface area (TPSA) is 34.1 Å². The molecule has 0 aliphatic heterocycles. The van der Waals surface area contributed by atoms with Gasteiger partial charge in [-0.15, -0.1) is 6.58 Å². The summed E-state index contributed by atoms with van der Waals surface area (Å²) >= 11 is 0. The molecule has 0 saturated carbocycles. The first kappa shape index (κ1) is 16.0. The molecule has 106 valence electrons. The first-order valence-corrected chi connectivity index (χ1v) is 8.01. The molecule has 0 aromatic heterocycles. The van der Waals surface area contributed by atoms with Crippen molar-refractivity contribution in [2.24, 2.45) is 0 Å². The van der Waals surface area contributed by atoms with Crippen molar-refractivity contribution >= 4 is 9.84 Å². The van der Waals surface area contributed by atoms with Gasteiger partial charge in [0.2, 0.25) is 0 Å². The molecular formula is C16H24O2S. The largest absolute Gasteiger partial charge is 0.228 e. The predicted octanol–water partition coefficient (Wildman–Crippen LogP) is 3.78. The van der Waals surface area contributed by atoms with Crippen LogP contribution >= 0.6 is 0 Å². The number of hydrogen-bond donors (Lipinski definition) is 0. The monoisotopic (exact) mass is 280 g/mol. The van der Waals surface area contributed by atoms with Crippen molar-refractivity contribution < 1.29 is 8.42 Å². The van der Waals surface area contributed by atoms with Gasteiger partial charge in [-0.2, -0.15) is 0 Å². The van der Waals surface area contributed by atoms with Crippen LogP contribution in [0.25, 0.3) is 0 Å². The summed E-state index contributed by atoms with van der Waals surface area (Å²) < 4.78 is 24.1. The molecule has 0 amide bonds. The number of allylic oxidation sites excluding steroid dienone is 1. The summed E-state index contributed by atoms with van der Waals surface area (Å²) in [6.45, 7) is 10.8. The van der Waals surface area contributed by atoms with Gasteiger partial charge in [-0.25, -0.2) is 8.42 Å². The van der Waals surface area contributed by atoms with E-state index in [0.29, 0.717) is 12.8 Å². The van der Waals surface area contributed by atoms with E-state index < -0.39 is 19.3 Å². The fourth-order valence-corrected chi connectivity index (χ4v) is 4.52. The molecular weight excluding hydrogens is 256 g/mol. The lowest BCUT2D eigenvalue weighted by Crippen LogP contribution is -2.47. The maximum atomic E-state index is 12.8. The second-order valence-electron chi connectivity index (χ2n) is 6.22. The lowest BCUT2D eigenvalue weighted by Gasteiger charge is -2.35. The Bertz CT molecular complexity index is 524. The van der Waals surface area contributed by atoms with Gasteiger partial charge in [0, 0.05) is 0 Å². The molecule has 1 unspecified atom stereocenters. The molecule has 3 heteroatoms. The van der Waals surface area contributed by atoms with Crippen LogP contribution in [0.3, 0.4) is 0 Å². The highest BCUT2D eigenvalue weighted by Gasteiger charge is 2.45. The van der Waals surface area contributed by atoms with Crippen molar-refractivity contribution in [3.8, 4) is 0 Å². The molecule has 0 bridgehead atoms. The van der Waals surface area contributed by atoms with Crippen molar-refractivity contribution in [2.75, 3.05) is 0 Å². The number of benzene rings is 1. The fraction of sp³-hybridized carbons (Fsp3) is 0.500. The van der Waals surface area contributed by atoms with Gasteiger partial charge < -0.3 is 0 Å². The first-order chi connectivity index (χ1) is 8.64. The molecule has 1 aromatic carbocycles. The van der Waals surface area contributed by atoms with Crippen LogP contribution in [0.15, 0.2) is 43.0 Å². The van der Waals surface area contributed by atoms with Crippen LogP contribution < -0.4 is 0 Å². The number of hydrogen-bond acceptors (Lipinski definition) is 2. The van der Waals surface area contributed by atoms with Crippen molar-refractivity contribution in [1.29, 1.82) is 0 Å². The molecule has 1 aromatic rings. The zero-order chi connectivity index (χ0) is 14.7. The number of rotatable bonds is 5. The van der Waals surface area contributed by atoms with Gasteiger partial charge in [0.05, 0.1) is 9.49 Å². The van der Waals surface area contributed by atoms with Crippen LogP contribution in [0.1, 0.15) is 39.7 Å². The highest BCUT2D eigenvalue weighted by Crippen LogP contribution is 2.35. The fourth-order valence-electron chi connectivity index (χ4n) is 2.35. The van der Waals surface area contributed by atoms with Crippen LogP contribution in [-0.2, 0) is 16.3 Å². The molecule has 0 aliphatic carbocycles. The average Bonchev–Trinajstić information content (AvgIpc) is 2.28. The summed E-state index contributed by atoms with van der Waals surface area (Å²) in [4.78, 5) is 0. The van der Waals surface area contributed by atoms with Gasteiger partial charge in [0.15, 0.2) is 9.84 Å². The SMILES string of the molecule is C=CCC(C)(Cc1ccccc1)S(=O)(=O)C(C)(C)C. The first-order valence-electron chi connectivity index (χ1n) is 6.53. The molecule has 0 heterocycles. The number of sulfone groups is 1. The Morgan fingerprint density at radius 3 is 2.05 bits per heavy atom. The summed E-state index contributed by atoms with van der Waals surface area (Å²) in [5.74, 6) is 0. The third kappa shape index (κ3) is 3.27. The van der Waals surface area contributed by atoms with Crippen molar-refractivity contribution in [3.05, 3.63) is 48.6 Å². The average molecular weight is 280 g/mol. The van der Waals surface area contributed by atoms with Gasteiger partial charge in [0.25, 0.3) is 0 Å². The smallest absolute Gasteiger partial charge is 0.161 e. The molecule has 0 N–H and O–H groups in total. The lowest BCUT2D eigenvalue weighted by atomic mass is 9.97. The standard InChI is InChI=1S/C16H24O2S/c1-6-12-16(5,19(17,18)15(2,3)4)13-14-10-8-7-9-11-14/h6-11H,1,12-13H2,2-5H3. The third-order valence-corrected chi connectivity index (χ3v) is 6.67. The van der Waals surface area contributed by atoms with Crippen LogP contribution in [0, 0.1) is 0 Å². The minimum absolute atomic E-state index is 0.460. The molecule has 0 aliphatic rings. The predicted molar refractivity (Wildman–Crippen MR) is 82.0 cm³/mol. The second-order valence-corrected chi connectivity index (χ2v) is 9.44. The normalized spacial score (nSPS) is 15.8. The highest BCUT2D eigenvalue weighted by atomic mass is 32.2. The second kappa shape index (κ2) is 5.49. The van der Waals surface area contributed by atoms with Crippen molar-refractivity contribution in [1.82, 2.24) is 0 Å². The van der Waals surface area contributed by atoms with E-state index in [2.05, 4.69) is 6.58 Å². The molecule has 0 spiro atoms. The van der Waals surface area contributed by atoms with E-state index in [0.717, 1.165) is 5.56 Å². The quantitative estimate of drug-likeness (QED) is 0.769. The summed E-state index contributed by atoms with van der Waals surface area (Å²) in [5, 5.41) is 0. The zero-order valence-corrected chi connectivity index (χ0v) is 13.1. The van der Waals surface area contributed by atoms with Crippen molar-refractivity contribution in [3.63, 3.8) is 0 Å². The Hall–Kier alpha value is -1.09. The minimum Gasteiger partial charge on any atom is -0.228 e. The Kier molecular flexibility index (Phi) is 4.62. The van der Waals surface area contributed by atoms with Gasteiger partial charge in [0.1, 0.15) is 0 Å². The van der Waals surface area contributed by atoms with Gasteiger partial charge >= 0.3 is 0 Å². The van der Waals surface area contributed by atoms with Gasteiger partial charge in [-0.3, -0.25) is 0 Å². The van der Waals surface area contributed by atoms with E-state index >= 15 is 0 Å². The van der Waals surface area contributed by atoms with Crippen LogP contribution in [-0.4, -0.2) is 17.9 Å². The summed E-state index contributed by atoms with van der Waals surface area (Å²) in [6, 6.07) is 9.76. The van der Waals surface area contributed by atoms with Gasteiger partial charge in [-0.1, -0.05) is 36.4 Å². The Morgan fingerprint density at radius 1 is 1.11 bits per heavy atom.